The van der Waals surface area contributed by atoms with Crippen molar-refractivity contribution in [2.24, 2.45) is 0 Å². The van der Waals surface area contributed by atoms with Gasteiger partial charge >= 0.3 is 10.4 Å². The van der Waals surface area contributed by atoms with Gasteiger partial charge in [-0.25, -0.2) is 0 Å². The smallest absolute Gasteiger partial charge is 0.326 e. The van der Waals surface area contributed by atoms with E-state index in [1.165, 1.54) is 16.7 Å². The van der Waals surface area contributed by atoms with E-state index in [1.807, 2.05) is 54.6 Å². The van der Waals surface area contributed by atoms with Crippen LogP contribution in [-0.4, -0.2) is 45.8 Å². The zero-order valence-electron chi connectivity index (χ0n) is 23.0. The quantitative estimate of drug-likeness (QED) is 0.209. The molecule has 0 radical (unpaired) electrons. The van der Waals surface area contributed by atoms with Crippen molar-refractivity contribution < 1.29 is 18.3 Å². The lowest BCUT2D eigenvalue weighted by Crippen LogP contribution is -2.46. The molecule has 2 aliphatic rings. The number of morpholine rings is 1. The Morgan fingerprint density at radius 1 is 0.829 bits per heavy atom. The number of carbonyl (C=O) groups is 1. The first-order chi connectivity index (χ1) is 20.0. The Labute approximate surface area is 243 Å². The minimum absolute atomic E-state index is 0.0262. The molecule has 210 valence electrons. The first-order valence-corrected chi connectivity index (χ1v) is 15.6. The van der Waals surface area contributed by atoms with E-state index in [4.69, 9.17) is 4.74 Å². The molecule has 1 fully saturated rings. The van der Waals surface area contributed by atoms with Gasteiger partial charge in [-0.1, -0.05) is 95.3 Å². The fourth-order valence-electron chi connectivity index (χ4n) is 5.77. The highest BCUT2D eigenvalue weighted by molar-refractivity contribution is 7.95. The Hall–Kier alpha value is -3.46. The molecule has 0 saturated carbocycles. The number of carbonyl (C=O) groups excluding carboxylic acids is 1. The molecule has 2 heterocycles. The summed E-state index contributed by atoms with van der Waals surface area (Å²) in [5.74, 6) is 0.0262. The minimum atomic E-state index is -3.48. The van der Waals surface area contributed by atoms with Crippen LogP contribution in [0, 0.1) is 0 Å². The van der Waals surface area contributed by atoms with Gasteiger partial charge in [0.1, 0.15) is 6.04 Å². The monoisotopic (exact) mass is 567 g/mol. The van der Waals surface area contributed by atoms with E-state index in [1.54, 1.807) is 28.6 Å². The molecular formula is C34H35N2O4S+. The van der Waals surface area contributed by atoms with Crippen LogP contribution >= 0.6 is 0 Å². The van der Waals surface area contributed by atoms with Gasteiger partial charge in [-0.05, 0) is 50.6 Å². The van der Waals surface area contributed by atoms with Gasteiger partial charge in [-0.15, -0.1) is 0 Å². The van der Waals surface area contributed by atoms with Crippen molar-refractivity contribution in [1.29, 1.82) is 0 Å². The van der Waals surface area contributed by atoms with Gasteiger partial charge in [0.15, 0.2) is 5.78 Å². The van der Waals surface area contributed by atoms with Crippen LogP contribution in [0.3, 0.4) is 0 Å². The van der Waals surface area contributed by atoms with Crippen molar-refractivity contribution in [3.05, 3.63) is 137 Å². The standard InChI is InChI=1S/C34H34N2O4S/c37-34(30-14-10-27(11-15-30)23-35-19-18-28-6-4-5-9-31(28)24-35)22-26-12-16-32(17-13-26)41(38,39)36-20-21-40-25-33(36)29-7-2-1-3-8-29/h1-17,33H,18-25H2/p+1. The van der Waals surface area contributed by atoms with E-state index >= 15 is 0 Å². The summed E-state index contributed by atoms with van der Waals surface area (Å²) in [6, 6.07) is 32.8. The Balaban J connectivity index is 1.08. The molecule has 0 aliphatic carbocycles. The number of nitrogens with zero attached hydrogens (tertiary/aromatic N) is 2. The zero-order chi connectivity index (χ0) is 28.2. The third-order valence-corrected chi connectivity index (χ3v) is 10.0. The van der Waals surface area contributed by atoms with Crippen LogP contribution in [0.2, 0.25) is 0 Å². The van der Waals surface area contributed by atoms with E-state index in [0.29, 0.717) is 30.2 Å². The van der Waals surface area contributed by atoms with Gasteiger partial charge in [-0.2, -0.15) is 4.55 Å². The first kappa shape index (κ1) is 27.7. The lowest BCUT2D eigenvalue weighted by Gasteiger charge is -2.32. The molecule has 0 bridgehead atoms. The molecule has 1 saturated heterocycles. The molecule has 4 aromatic carbocycles. The Bertz CT molecular complexity index is 1540. The van der Waals surface area contributed by atoms with Crippen LogP contribution in [0.25, 0.3) is 0 Å². The largest absolute Gasteiger partial charge is 0.378 e. The zero-order valence-corrected chi connectivity index (χ0v) is 23.8. The number of rotatable bonds is 8. The van der Waals surface area contributed by atoms with Gasteiger partial charge < -0.3 is 4.74 Å². The van der Waals surface area contributed by atoms with Crippen LogP contribution in [0.15, 0.2) is 108 Å². The number of hydrogen-bond donors (Lipinski definition) is 1. The summed E-state index contributed by atoms with van der Waals surface area (Å²) in [5.41, 5.74) is 6.47. The highest BCUT2D eigenvalue weighted by Crippen LogP contribution is 2.33. The van der Waals surface area contributed by atoms with E-state index in [2.05, 4.69) is 29.2 Å². The second-order valence-corrected chi connectivity index (χ2v) is 12.7. The van der Waals surface area contributed by atoms with Crippen LogP contribution in [0.5, 0.6) is 0 Å². The average Bonchev–Trinajstić information content (AvgIpc) is 3.02. The first-order valence-electron chi connectivity index (χ1n) is 14.1. The second kappa shape index (κ2) is 12.2. The molecule has 6 rings (SSSR count). The SMILES string of the molecule is O=C(Cc1ccc([S+](=O)(O)N2CCOCC2c2ccccc2)cc1)c1ccc(CN2CCc3ccccc3C2)cc1. The molecule has 7 heteroatoms. The van der Waals surface area contributed by atoms with Crippen molar-refractivity contribution in [3.63, 3.8) is 0 Å². The van der Waals surface area contributed by atoms with Crippen molar-refractivity contribution in [2.45, 2.75) is 36.9 Å². The van der Waals surface area contributed by atoms with Crippen molar-refractivity contribution in [3.8, 4) is 0 Å². The number of fused-ring (bicyclic) bond motifs is 1. The molecule has 0 amide bonds. The summed E-state index contributed by atoms with van der Waals surface area (Å²) < 4.78 is 32.2. The molecule has 41 heavy (non-hydrogen) atoms. The fourth-order valence-corrected chi connectivity index (χ4v) is 7.38. The minimum Gasteiger partial charge on any atom is -0.378 e. The average molecular weight is 568 g/mol. The third kappa shape index (κ3) is 6.25. The maximum atomic E-state index is 13.7. The van der Waals surface area contributed by atoms with E-state index in [0.717, 1.165) is 37.2 Å². The van der Waals surface area contributed by atoms with Gasteiger partial charge in [0.25, 0.3) is 0 Å². The van der Waals surface area contributed by atoms with Crippen LogP contribution in [-0.2, 0) is 45.3 Å². The Kier molecular flexibility index (Phi) is 8.23. The van der Waals surface area contributed by atoms with E-state index in [9.17, 15) is 13.6 Å². The summed E-state index contributed by atoms with van der Waals surface area (Å²) in [7, 11) is -3.48. The number of ketones is 1. The molecule has 6 nitrogen and oxygen atoms in total. The number of Topliss-reactive ketones (excluding diaryl/α,β-unsaturated/α-hetero) is 1. The summed E-state index contributed by atoms with van der Waals surface area (Å²) in [6.07, 6.45) is 1.30. The van der Waals surface area contributed by atoms with Crippen LogP contribution in [0.4, 0.5) is 0 Å². The molecule has 2 atom stereocenters. The second-order valence-electron chi connectivity index (χ2n) is 10.8. The molecule has 0 aromatic heterocycles. The normalized spacial score (nSPS) is 19.3. The maximum Gasteiger partial charge on any atom is 0.326 e. The highest BCUT2D eigenvalue weighted by Gasteiger charge is 2.45. The van der Waals surface area contributed by atoms with E-state index < -0.39 is 10.4 Å². The van der Waals surface area contributed by atoms with Crippen molar-refractivity contribution >= 4 is 16.2 Å². The Morgan fingerprint density at radius 3 is 2.27 bits per heavy atom. The number of benzene rings is 4. The summed E-state index contributed by atoms with van der Waals surface area (Å²) in [5, 5.41) is 0. The predicted octanol–water partition coefficient (Wildman–Crippen LogP) is 5.99. The van der Waals surface area contributed by atoms with Gasteiger partial charge in [0, 0.05) is 31.6 Å². The van der Waals surface area contributed by atoms with E-state index in [-0.39, 0.29) is 18.2 Å². The third-order valence-electron chi connectivity index (χ3n) is 8.07. The Morgan fingerprint density at radius 2 is 1.51 bits per heavy atom. The van der Waals surface area contributed by atoms with Gasteiger partial charge in [0.2, 0.25) is 4.90 Å². The van der Waals surface area contributed by atoms with Gasteiger partial charge in [0.05, 0.1) is 19.8 Å². The molecule has 4 aromatic rings. The lowest BCUT2D eigenvalue weighted by atomic mass is 9.99. The summed E-state index contributed by atoms with van der Waals surface area (Å²) in [6.45, 7) is 3.96. The van der Waals surface area contributed by atoms with Gasteiger partial charge in [-0.3, -0.25) is 9.69 Å². The molecule has 0 spiro atoms. The van der Waals surface area contributed by atoms with Crippen molar-refractivity contribution in [2.75, 3.05) is 26.3 Å². The maximum absolute atomic E-state index is 13.7. The van der Waals surface area contributed by atoms with Crippen molar-refractivity contribution in [1.82, 2.24) is 9.21 Å². The number of ether oxygens (including phenoxy) is 1. The number of hydrogen-bond acceptors (Lipinski definition) is 4. The van der Waals surface area contributed by atoms with Crippen LogP contribution < -0.4 is 0 Å². The lowest BCUT2D eigenvalue weighted by molar-refractivity contribution is 0.0288. The van der Waals surface area contributed by atoms with Crippen LogP contribution in [0.1, 0.15) is 44.2 Å². The summed E-state index contributed by atoms with van der Waals surface area (Å²) in [4.78, 5) is 15.8. The topological polar surface area (TPSA) is 70.1 Å². The molecule has 2 aliphatic heterocycles. The molecular weight excluding hydrogens is 532 g/mol. The molecule has 1 N–H and O–H groups in total. The fraction of sp³-hybridized carbons (Fsp3) is 0.265. The predicted molar refractivity (Wildman–Crippen MR) is 161 cm³/mol. The molecule has 2 unspecified atom stereocenters. The highest BCUT2D eigenvalue weighted by atomic mass is 32.3. The summed E-state index contributed by atoms with van der Waals surface area (Å²) >= 11 is 0.